The lowest BCUT2D eigenvalue weighted by Crippen LogP contribution is -2.34. The topological polar surface area (TPSA) is 34.0 Å². The summed E-state index contributed by atoms with van der Waals surface area (Å²) in [5.74, 6) is 0.536. The molecule has 0 amide bonds. The SMILES string of the molecule is Cn1cc(NC2CC(c3ccccc3Cl)C2)ccc1=O. The van der Waals surface area contributed by atoms with Gasteiger partial charge in [0.05, 0.1) is 5.69 Å². The van der Waals surface area contributed by atoms with E-state index in [1.807, 2.05) is 30.5 Å². The van der Waals surface area contributed by atoms with Crippen LogP contribution in [-0.2, 0) is 7.05 Å². The van der Waals surface area contributed by atoms with E-state index in [9.17, 15) is 4.79 Å². The monoisotopic (exact) mass is 288 g/mol. The van der Waals surface area contributed by atoms with Gasteiger partial charge in [0.2, 0.25) is 5.56 Å². The van der Waals surface area contributed by atoms with Gasteiger partial charge in [-0.05, 0) is 36.5 Å². The van der Waals surface area contributed by atoms with Gasteiger partial charge in [0.25, 0.3) is 0 Å². The summed E-state index contributed by atoms with van der Waals surface area (Å²) >= 11 is 6.22. The van der Waals surface area contributed by atoms with Gasteiger partial charge in [-0.25, -0.2) is 0 Å². The molecule has 1 heterocycles. The van der Waals surface area contributed by atoms with Crippen molar-refractivity contribution < 1.29 is 0 Å². The Morgan fingerprint density at radius 1 is 1.20 bits per heavy atom. The summed E-state index contributed by atoms with van der Waals surface area (Å²) in [5, 5.41) is 4.32. The molecule has 2 aromatic rings. The van der Waals surface area contributed by atoms with Crippen LogP contribution in [-0.4, -0.2) is 10.6 Å². The van der Waals surface area contributed by atoms with Crippen LogP contribution in [0.3, 0.4) is 0 Å². The second-order valence-electron chi connectivity index (χ2n) is 5.40. The van der Waals surface area contributed by atoms with Gasteiger partial charge in [0.15, 0.2) is 0 Å². The van der Waals surface area contributed by atoms with Crippen molar-refractivity contribution in [1.29, 1.82) is 0 Å². The number of anilines is 1. The molecule has 1 aliphatic carbocycles. The van der Waals surface area contributed by atoms with Gasteiger partial charge in [-0.2, -0.15) is 0 Å². The molecule has 0 bridgehead atoms. The Kier molecular flexibility index (Phi) is 3.53. The molecule has 1 aromatic carbocycles. The number of rotatable bonds is 3. The molecule has 1 fully saturated rings. The molecule has 0 spiro atoms. The van der Waals surface area contributed by atoms with Gasteiger partial charge in [-0.15, -0.1) is 0 Å². The number of halogens is 1. The van der Waals surface area contributed by atoms with E-state index in [1.54, 1.807) is 17.7 Å². The Balaban J connectivity index is 1.62. The molecular weight excluding hydrogens is 272 g/mol. The van der Waals surface area contributed by atoms with Crippen LogP contribution in [0.4, 0.5) is 5.69 Å². The van der Waals surface area contributed by atoms with E-state index < -0.39 is 0 Å². The van der Waals surface area contributed by atoms with E-state index in [4.69, 9.17) is 11.6 Å². The number of aryl methyl sites for hydroxylation is 1. The van der Waals surface area contributed by atoms with Crippen LogP contribution in [0.1, 0.15) is 24.3 Å². The molecule has 0 radical (unpaired) electrons. The molecule has 1 saturated carbocycles. The van der Waals surface area contributed by atoms with Crippen LogP contribution in [0, 0.1) is 0 Å². The molecule has 1 aliphatic rings. The van der Waals surface area contributed by atoms with Crippen molar-refractivity contribution in [3.8, 4) is 0 Å². The van der Waals surface area contributed by atoms with Crippen molar-refractivity contribution >= 4 is 17.3 Å². The number of hydrogen-bond acceptors (Lipinski definition) is 2. The first-order valence-electron chi connectivity index (χ1n) is 6.81. The van der Waals surface area contributed by atoms with Crippen LogP contribution < -0.4 is 10.9 Å². The molecule has 20 heavy (non-hydrogen) atoms. The van der Waals surface area contributed by atoms with Gasteiger partial charge >= 0.3 is 0 Å². The highest BCUT2D eigenvalue weighted by Gasteiger charge is 2.31. The number of benzene rings is 1. The fourth-order valence-corrected chi connectivity index (χ4v) is 3.00. The van der Waals surface area contributed by atoms with Gasteiger partial charge in [-0.1, -0.05) is 29.8 Å². The van der Waals surface area contributed by atoms with Gasteiger partial charge in [-0.3, -0.25) is 4.79 Å². The van der Waals surface area contributed by atoms with Crippen molar-refractivity contribution in [3.63, 3.8) is 0 Å². The summed E-state index contributed by atoms with van der Waals surface area (Å²) in [6.45, 7) is 0. The lowest BCUT2D eigenvalue weighted by Gasteiger charge is -2.37. The van der Waals surface area contributed by atoms with E-state index in [0.717, 1.165) is 23.6 Å². The largest absolute Gasteiger partial charge is 0.381 e. The summed E-state index contributed by atoms with van der Waals surface area (Å²) in [5.41, 5.74) is 2.25. The zero-order chi connectivity index (χ0) is 14.1. The van der Waals surface area contributed by atoms with E-state index >= 15 is 0 Å². The minimum Gasteiger partial charge on any atom is -0.381 e. The first-order chi connectivity index (χ1) is 9.63. The van der Waals surface area contributed by atoms with E-state index in [0.29, 0.717) is 12.0 Å². The van der Waals surface area contributed by atoms with Crippen LogP contribution in [0.5, 0.6) is 0 Å². The number of pyridine rings is 1. The van der Waals surface area contributed by atoms with E-state index in [2.05, 4.69) is 11.4 Å². The maximum atomic E-state index is 11.3. The van der Waals surface area contributed by atoms with Crippen molar-refractivity contribution in [2.75, 3.05) is 5.32 Å². The Labute approximate surface area is 123 Å². The molecule has 0 saturated heterocycles. The van der Waals surface area contributed by atoms with Crippen LogP contribution in [0.25, 0.3) is 0 Å². The van der Waals surface area contributed by atoms with Crippen LogP contribution >= 0.6 is 11.6 Å². The smallest absolute Gasteiger partial charge is 0.250 e. The fourth-order valence-electron chi connectivity index (χ4n) is 2.71. The minimum atomic E-state index is 0.0121. The number of hydrogen-bond donors (Lipinski definition) is 1. The van der Waals surface area contributed by atoms with Crippen LogP contribution in [0.15, 0.2) is 47.4 Å². The average molecular weight is 289 g/mol. The lowest BCUT2D eigenvalue weighted by molar-refractivity contribution is 0.374. The predicted molar refractivity (Wildman–Crippen MR) is 82.5 cm³/mol. The van der Waals surface area contributed by atoms with E-state index in [1.165, 1.54) is 5.56 Å². The zero-order valence-electron chi connectivity index (χ0n) is 11.3. The van der Waals surface area contributed by atoms with Gasteiger partial charge in [0, 0.05) is 30.4 Å². The Hall–Kier alpha value is -1.74. The molecule has 4 heteroatoms. The molecule has 0 atom stereocenters. The van der Waals surface area contributed by atoms with Crippen molar-refractivity contribution in [3.05, 3.63) is 63.5 Å². The normalized spacial score (nSPS) is 21.3. The highest BCUT2D eigenvalue weighted by atomic mass is 35.5. The van der Waals surface area contributed by atoms with Crippen molar-refractivity contribution in [2.45, 2.75) is 24.8 Å². The Morgan fingerprint density at radius 3 is 2.65 bits per heavy atom. The van der Waals surface area contributed by atoms with Crippen molar-refractivity contribution in [2.24, 2.45) is 7.05 Å². The molecule has 3 nitrogen and oxygen atoms in total. The standard InChI is InChI=1S/C16H17ClN2O/c1-19-10-12(6-7-16(19)20)18-13-8-11(9-13)14-4-2-3-5-15(14)17/h2-7,10-11,13,18H,8-9H2,1H3. The Morgan fingerprint density at radius 2 is 1.95 bits per heavy atom. The summed E-state index contributed by atoms with van der Waals surface area (Å²) < 4.78 is 1.59. The van der Waals surface area contributed by atoms with Gasteiger partial charge in [0.1, 0.15) is 0 Å². The third-order valence-corrected chi connectivity index (χ3v) is 4.28. The highest BCUT2D eigenvalue weighted by Crippen LogP contribution is 2.41. The number of nitrogens with one attached hydrogen (secondary N) is 1. The fraction of sp³-hybridized carbons (Fsp3) is 0.312. The second-order valence-corrected chi connectivity index (χ2v) is 5.81. The first-order valence-corrected chi connectivity index (χ1v) is 7.19. The molecule has 1 N–H and O–H groups in total. The minimum absolute atomic E-state index is 0.0121. The maximum Gasteiger partial charge on any atom is 0.250 e. The van der Waals surface area contributed by atoms with Crippen molar-refractivity contribution in [1.82, 2.24) is 4.57 Å². The molecular formula is C16H17ClN2O. The maximum absolute atomic E-state index is 11.3. The molecule has 1 aromatic heterocycles. The van der Waals surface area contributed by atoms with Gasteiger partial charge < -0.3 is 9.88 Å². The summed E-state index contributed by atoms with van der Waals surface area (Å²) in [7, 11) is 1.76. The number of nitrogens with zero attached hydrogens (tertiary/aromatic N) is 1. The highest BCUT2D eigenvalue weighted by molar-refractivity contribution is 6.31. The lowest BCUT2D eigenvalue weighted by atomic mass is 9.76. The number of aromatic nitrogens is 1. The second kappa shape index (κ2) is 5.33. The summed E-state index contributed by atoms with van der Waals surface area (Å²) in [6.07, 6.45) is 3.99. The average Bonchev–Trinajstić information content (AvgIpc) is 2.39. The summed E-state index contributed by atoms with van der Waals surface area (Å²) in [4.78, 5) is 11.3. The molecule has 3 rings (SSSR count). The first kappa shape index (κ1) is 13.3. The quantitative estimate of drug-likeness (QED) is 0.939. The van der Waals surface area contributed by atoms with E-state index in [-0.39, 0.29) is 5.56 Å². The third-order valence-electron chi connectivity index (χ3n) is 3.94. The molecule has 104 valence electrons. The summed E-state index contributed by atoms with van der Waals surface area (Å²) in [6, 6.07) is 11.9. The predicted octanol–water partition coefficient (Wildman–Crippen LogP) is 3.40. The zero-order valence-corrected chi connectivity index (χ0v) is 12.1. The van der Waals surface area contributed by atoms with Crippen LogP contribution in [0.2, 0.25) is 5.02 Å². The Bertz CT molecular complexity index is 674. The molecule has 0 unspecified atom stereocenters. The third kappa shape index (κ3) is 2.59. The molecule has 0 aliphatic heterocycles.